The van der Waals surface area contributed by atoms with Crippen LogP contribution in [0.3, 0.4) is 0 Å². The fourth-order valence-corrected chi connectivity index (χ4v) is 2.59. The van der Waals surface area contributed by atoms with Crippen molar-refractivity contribution in [2.45, 2.75) is 19.4 Å². The minimum Gasteiger partial charge on any atom is -0.318 e. The smallest absolute Gasteiger partial charge is 0.126 e. The minimum absolute atomic E-state index is 0.239. The van der Waals surface area contributed by atoms with Gasteiger partial charge >= 0.3 is 0 Å². The Morgan fingerprint density at radius 2 is 1.86 bits per heavy atom. The molecule has 0 fully saturated rings. The Labute approximate surface area is 123 Å². The van der Waals surface area contributed by atoms with Gasteiger partial charge in [0.05, 0.1) is 11.1 Å². The lowest BCUT2D eigenvalue weighted by molar-refractivity contribution is 0.580. The maximum atomic E-state index is 13.9. The van der Waals surface area contributed by atoms with Crippen molar-refractivity contribution in [1.29, 1.82) is 0 Å². The highest BCUT2D eigenvalue weighted by atomic mass is 19.1. The van der Waals surface area contributed by atoms with Crippen molar-refractivity contribution >= 4 is 10.9 Å². The van der Waals surface area contributed by atoms with Gasteiger partial charge < -0.3 is 5.73 Å². The molecule has 3 heteroatoms. The molecule has 0 amide bonds. The average Bonchev–Trinajstić information content (AvgIpc) is 2.49. The monoisotopic (exact) mass is 280 g/mol. The fraction of sp³-hybridized carbons (Fsp3) is 0.167. The maximum Gasteiger partial charge on any atom is 0.126 e. The molecule has 0 aliphatic heterocycles. The van der Waals surface area contributed by atoms with E-state index < -0.39 is 5.54 Å². The topological polar surface area (TPSA) is 38.9 Å². The van der Waals surface area contributed by atoms with Crippen LogP contribution in [0.5, 0.6) is 0 Å². The van der Waals surface area contributed by atoms with Crippen LogP contribution in [0.25, 0.3) is 10.9 Å². The van der Waals surface area contributed by atoms with Gasteiger partial charge in [0.1, 0.15) is 5.82 Å². The molecule has 1 heterocycles. The van der Waals surface area contributed by atoms with Gasteiger partial charge in [-0.05, 0) is 37.1 Å². The van der Waals surface area contributed by atoms with Crippen molar-refractivity contribution in [1.82, 2.24) is 4.98 Å². The summed E-state index contributed by atoms with van der Waals surface area (Å²) in [6, 6.07) is 14.9. The van der Waals surface area contributed by atoms with E-state index in [1.807, 2.05) is 43.3 Å². The van der Waals surface area contributed by atoms with Gasteiger partial charge in [0.25, 0.3) is 0 Å². The number of hydrogen-bond donors (Lipinski definition) is 1. The second kappa shape index (κ2) is 4.93. The highest BCUT2D eigenvalue weighted by Gasteiger charge is 2.26. The van der Waals surface area contributed by atoms with E-state index in [1.165, 1.54) is 6.07 Å². The molecule has 2 nitrogen and oxygen atoms in total. The Kier molecular flexibility index (Phi) is 3.22. The van der Waals surface area contributed by atoms with Crippen molar-refractivity contribution < 1.29 is 4.39 Å². The molecule has 1 atom stereocenters. The zero-order valence-corrected chi connectivity index (χ0v) is 12.1. The van der Waals surface area contributed by atoms with Gasteiger partial charge in [-0.2, -0.15) is 0 Å². The van der Waals surface area contributed by atoms with Crippen molar-refractivity contribution in [3.05, 3.63) is 77.2 Å². The Hall–Kier alpha value is -2.26. The average molecular weight is 280 g/mol. The first-order valence-electron chi connectivity index (χ1n) is 6.90. The summed E-state index contributed by atoms with van der Waals surface area (Å²) in [7, 11) is 0. The zero-order valence-electron chi connectivity index (χ0n) is 12.1. The van der Waals surface area contributed by atoms with Crippen LogP contribution < -0.4 is 5.73 Å². The first-order valence-corrected chi connectivity index (χ1v) is 6.90. The van der Waals surface area contributed by atoms with Gasteiger partial charge in [-0.3, -0.25) is 4.98 Å². The van der Waals surface area contributed by atoms with Crippen molar-refractivity contribution in [3.63, 3.8) is 0 Å². The molecule has 1 aromatic heterocycles. The molecule has 0 saturated heterocycles. The van der Waals surface area contributed by atoms with E-state index in [9.17, 15) is 4.39 Å². The number of nitrogens with zero attached hydrogens (tertiary/aromatic N) is 1. The molecule has 3 aromatic rings. The lowest BCUT2D eigenvalue weighted by Gasteiger charge is -2.27. The van der Waals surface area contributed by atoms with E-state index in [0.717, 1.165) is 22.0 Å². The third kappa shape index (κ3) is 2.30. The highest BCUT2D eigenvalue weighted by molar-refractivity contribution is 5.83. The molecule has 0 spiro atoms. The van der Waals surface area contributed by atoms with Gasteiger partial charge in [-0.25, -0.2) is 4.39 Å². The molecule has 2 aromatic carbocycles. The molecule has 106 valence electrons. The number of pyridine rings is 1. The number of fused-ring (bicyclic) bond motifs is 1. The molecule has 21 heavy (non-hydrogen) atoms. The second-order valence-corrected chi connectivity index (χ2v) is 5.55. The van der Waals surface area contributed by atoms with Crippen LogP contribution >= 0.6 is 0 Å². The Balaban J connectivity index is 2.22. The van der Waals surface area contributed by atoms with Crippen LogP contribution in [-0.4, -0.2) is 4.98 Å². The Bertz CT molecular complexity index is 804. The molecule has 3 rings (SSSR count). The van der Waals surface area contributed by atoms with Gasteiger partial charge in [-0.1, -0.05) is 36.4 Å². The minimum atomic E-state index is -0.803. The number of para-hydroxylation sites is 1. The van der Waals surface area contributed by atoms with Crippen LogP contribution in [0, 0.1) is 12.7 Å². The van der Waals surface area contributed by atoms with Crippen LogP contribution in [0.2, 0.25) is 0 Å². The highest BCUT2D eigenvalue weighted by Crippen LogP contribution is 2.31. The molecule has 0 saturated carbocycles. The summed E-state index contributed by atoms with van der Waals surface area (Å²) in [4.78, 5) is 4.44. The van der Waals surface area contributed by atoms with Crippen LogP contribution in [0.15, 0.2) is 54.7 Å². The van der Waals surface area contributed by atoms with E-state index in [0.29, 0.717) is 5.56 Å². The molecular weight excluding hydrogens is 263 g/mol. The van der Waals surface area contributed by atoms with E-state index in [1.54, 1.807) is 19.2 Å². The lowest BCUT2D eigenvalue weighted by Crippen LogP contribution is -2.34. The molecule has 0 bridgehead atoms. The molecule has 0 aliphatic rings. The number of aryl methyl sites for hydroxylation is 1. The fourth-order valence-electron chi connectivity index (χ4n) is 2.59. The SMILES string of the molecule is Cc1ccc(C(C)(N)c2cccc3cccnc23)cc1F. The summed E-state index contributed by atoms with van der Waals surface area (Å²) in [5, 5.41) is 1.03. The predicted molar refractivity (Wildman–Crippen MR) is 83.5 cm³/mol. The van der Waals surface area contributed by atoms with Crippen molar-refractivity contribution in [3.8, 4) is 0 Å². The predicted octanol–water partition coefficient (Wildman–Crippen LogP) is 3.90. The molecular formula is C18H17FN2. The number of aromatic nitrogens is 1. The van der Waals surface area contributed by atoms with Gasteiger partial charge in [0, 0.05) is 17.1 Å². The lowest BCUT2D eigenvalue weighted by atomic mass is 9.84. The van der Waals surface area contributed by atoms with Gasteiger partial charge in [-0.15, -0.1) is 0 Å². The van der Waals surface area contributed by atoms with E-state index in [2.05, 4.69) is 4.98 Å². The van der Waals surface area contributed by atoms with E-state index in [4.69, 9.17) is 5.73 Å². The van der Waals surface area contributed by atoms with Crippen LogP contribution in [0.4, 0.5) is 4.39 Å². The number of hydrogen-bond acceptors (Lipinski definition) is 2. The molecule has 1 unspecified atom stereocenters. The summed E-state index contributed by atoms with van der Waals surface area (Å²) >= 11 is 0. The number of benzene rings is 2. The van der Waals surface area contributed by atoms with Gasteiger partial charge in [0.2, 0.25) is 0 Å². The third-order valence-electron chi connectivity index (χ3n) is 3.96. The number of halogens is 1. The Morgan fingerprint density at radius 3 is 2.62 bits per heavy atom. The zero-order chi connectivity index (χ0) is 15.0. The largest absolute Gasteiger partial charge is 0.318 e. The van der Waals surface area contributed by atoms with E-state index in [-0.39, 0.29) is 5.82 Å². The number of rotatable bonds is 2. The second-order valence-electron chi connectivity index (χ2n) is 5.55. The molecule has 2 N–H and O–H groups in total. The molecule has 0 radical (unpaired) electrons. The number of nitrogens with two attached hydrogens (primary N) is 1. The summed E-state index contributed by atoms with van der Waals surface area (Å²) in [5.41, 5.74) is 8.84. The van der Waals surface area contributed by atoms with Crippen LogP contribution in [-0.2, 0) is 5.54 Å². The summed E-state index contributed by atoms with van der Waals surface area (Å²) in [6.45, 7) is 3.63. The summed E-state index contributed by atoms with van der Waals surface area (Å²) in [6.07, 6.45) is 1.75. The summed E-state index contributed by atoms with van der Waals surface area (Å²) in [5.74, 6) is -0.239. The molecule has 0 aliphatic carbocycles. The third-order valence-corrected chi connectivity index (χ3v) is 3.96. The standard InChI is InChI=1S/C18H17FN2/c1-12-8-9-14(11-16(12)19)18(2,20)15-7-3-5-13-6-4-10-21-17(13)15/h3-11H,20H2,1-2H3. The van der Waals surface area contributed by atoms with Gasteiger partial charge in [0.15, 0.2) is 0 Å². The quantitative estimate of drug-likeness (QED) is 0.773. The normalized spacial score (nSPS) is 14.1. The van der Waals surface area contributed by atoms with Crippen LogP contribution in [0.1, 0.15) is 23.6 Å². The first kappa shape index (κ1) is 13.7. The maximum absolute atomic E-state index is 13.9. The Morgan fingerprint density at radius 1 is 1.10 bits per heavy atom. The van der Waals surface area contributed by atoms with E-state index >= 15 is 0 Å². The van der Waals surface area contributed by atoms with Crippen molar-refractivity contribution in [2.24, 2.45) is 5.73 Å². The van der Waals surface area contributed by atoms with Crippen molar-refractivity contribution in [2.75, 3.05) is 0 Å². The summed E-state index contributed by atoms with van der Waals surface area (Å²) < 4.78 is 13.9. The first-order chi connectivity index (χ1) is 10.00.